The third-order valence-corrected chi connectivity index (χ3v) is 2.70. The van der Waals surface area contributed by atoms with Gasteiger partial charge in [0.15, 0.2) is 5.82 Å². The highest BCUT2D eigenvalue weighted by Crippen LogP contribution is 2.09. The summed E-state index contributed by atoms with van der Waals surface area (Å²) in [6.45, 7) is 2.29. The summed E-state index contributed by atoms with van der Waals surface area (Å²) >= 11 is 5.89. The van der Waals surface area contributed by atoms with E-state index in [-0.39, 0.29) is 5.28 Å². The Kier molecular flexibility index (Phi) is 3.73. The van der Waals surface area contributed by atoms with E-state index in [1.54, 1.807) is 30.2 Å². The molecule has 0 fully saturated rings. The molecule has 0 aliphatic heterocycles. The predicted molar refractivity (Wildman–Crippen MR) is 73.2 cm³/mol. The molecule has 0 aliphatic rings. The maximum atomic E-state index is 5.89. The van der Waals surface area contributed by atoms with Crippen LogP contribution in [0.1, 0.15) is 11.7 Å². The van der Waals surface area contributed by atoms with Crippen molar-refractivity contribution in [1.29, 1.82) is 0 Å². The van der Waals surface area contributed by atoms with Gasteiger partial charge >= 0.3 is 0 Å². The quantitative estimate of drug-likeness (QED) is 0.745. The van der Waals surface area contributed by atoms with Crippen molar-refractivity contribution in [2.75, 3.05) is 11.9 Å². The number of aryl methyl sites for hydroxylation is 1. The number of hydrogen-bond donors (Lipinski definition) is 1. The van der Waals surface area contributed by atoms with Gasteiger partial charge < -0.3 is 9.84 Å². The molecule has 3 aromatic heterocycles. The molecule has 0 aromatic carbocycles. The Labute approximate surface area is 124 Å². The van der Waals surface area contributed by atoms with Crippen LogP contribution in [-0.4, -0.2) is 41.2 Å². The Balaban J connectivity index is 1.68. The topological polar surface area (TPSA) is 107 Å². The average molecular weight is 307 g/mol. The monoisotopic (exact) mass is 306 g/mol. The Bertz CT molecular complexity index is 726. The molecule has 9 nitrogen and oxygen atoms in total. The predicted octanol–water partition coefficient (Wildman–Crippen LogP) is 1.06. The first-order chi connectivity index (χ1) is 10.2. The summed E-state index contributed by atoms with van der Waals surface area (Å²) in [5, 5.41) is 6.95. The minimum absolute atomic E-state index is 0.103. The number of nitrogens with zero attached hydrogens (tertiary/aromatic N) is 7. The van der Waals surface area contributed by atoms with E-state index in [0.29, 0.717) is 36.6 Å². The van der Waals surface area contributed by atoms with Crippen LogP contribution in [0.25, 0.3) is 5.95 Å². The molecule has 0 radical (unpaired) electrons. The number of rotatable bonds is 5. The lowest BCUT2D eigenvalue weighted by Crippen LogP contribution is -2.11. The molecule has 3 rings (SSSR count). The van der Waals surface area contributed by atoms with E-state index in [1.165, 1.54) is 0 Å². The fourth-order valence-electron chi connectivity index (χ4n) is 1.64. The second-order valence-electron chi connectivity index (χ2n) is 4.10. The van der Waals surface area contributed by atoms with Gasteiger partial charge in [0, 0.05) is 32.3 Å². The van der Waals surface area contributed by atoms with Gasteiger partial charge in [0.2, 0.25) is 23.1 Å². The zero-order chi connectivity index (χ0) is 14.7. The van der Waals surface area contributed by atoms with E-state index >= 15 is 0 Å². The summed E-state index contributed by atoms with van der Waals surface area (Å²) in [4.78, 5) is 20.3. The van der Waals surface area contributed by atoms with Crippen LogP contribution in [-0.2, 0) is 6.42 Å². The SMILES string of the molecule is Cc1nc(CCNc2nc(Cl)nc(-n3ccnc3)n2)no1. The first-order valence-electron chi connectivity index (χ1n) is 6.13. The molecule has 0 atom stereocenters. The third-order valence-electron chi connectivity index (χ3n) is 2.53. The molecular formula is C11H11ClN8O. The highest BCUT2D eigenvalue weighted by molar-refractivity contribution is 6.28. The van der Waals surface area contributed by atoms with Gasteiger partial charge in [-0.05, 0) is 11.6 Å². The number of halogens is 1. The standard InChI is InChI=1S/C11H11ClN8O/c1-7-15-8(19-21-7)2-3-14-10-16-9(12)17-11(18-10)20-5-4-13-6-20/h4-6H,2-3H2,1H3,(H,14,16,17,18). The number of nitrogens with one attached hydrogen (secondary N) is 1. The Morgan fingerprint density at radius 1 is 1.29 bits per heavy atom. The van der Waals surface area contributed by atoms with Gasteiger partial charge in [0.25, 0.3) is 0 Å². The van der Waals surface area contributed by atoms with Gasteiger partial charge in [-0.1, -0.05) is 5.16 Å². The number of aromatic nitrogens is 7. The molecular weight excluding hydrogens is 296 g/mol. The van der Waals surface area contributed by atoms with Crippen LogP contribution in [0.2, 0.25) is 5.28 Å². The van der Waals surface area contributed by atoms with Gasteiger partial charge in [0.05, 0.1) is 0 Å². The molecule has 0 unspecified atom stereocenters. The molecule has 0 bridgehead atoms. The Morgan fingerprint density at radius 3 is 2.90 bits per heavy atom. The van der Waals surface area contributed by atoms with Gasteiger partial charge in [-0.15, -0.1) is 0 Å². The fourth-order valence-corrected chi connectivity index (χ4v) is 1.80. The first-order valence-corrected chi connectivity index (χ1v) is 6.51. The van der Waals surface area contributed by atoms with E-state index in [0.717, 1.165) is 0 Å². The summed E-state index contributed by atoms with van der Waals surface area (Å²) in [6.07, 6.45) is 5.51. The van der Waals surface area contributed by atoms with Crippen molar-refractivity contribution in [3.8, 4) is 5.95 Å². The zero-order valence-electron chi connectivity index (χ0n) is 11.1. The van der Waals surface area contributed by atoms with Crippen molar-refractivity contribution >= 4 is 17.5 Å². The molecule has 0 saturated carbocycles. The highest BCUT2D eigenvalue weighted by Gasteiger charge is 2.07. The van der Waals surface area contributed by atoms with Crippen molar-refractivity contribution < 1.29 is 4.52 Å². The van der Waals surface area contributed by atoms with Crippen molar-refractivity contribution in [2.45, 2.75) is 13.3 Å². The van der Waals surface area contributed by atoms with Crippen LogP contribution >= 0.6 is 11.6 Å². The molecule has 0 saturated heterocycles. The number of hydrogen-bond acceptors (Lipinski definition) is 8. The average Bonchev–Trinajstić information content (AvgIpc) is 3.10. The van der Waals surface area contributed by atoms with Crippen LogP contribution in [0.4, 0.5) is 5.95 Å². The van der Waals surface area contributed by atoms with E-state index in [9.17, 15) is 0 Å². The Hall–Kier alpha value is -2.55. The third kappa shape index (κ3) is 3.31. The lowest BCUT2D eigenvalue weighted by molar-refractivity contribution is 0.387. The van der Waals surface area contributed by atoms with Crippen molar-refractivity contribution in [2.24, 2.45) is 0 Å². The minimum Gasteiger partial charge on any atom is -0.354 e. The summed E-state index contributed by atoms with van der Waals surface area (Å²) < 4.78 is 6.53. The second kappa shape index (κ2) is 5.83. The maximum Gasteiger partial charge on any atom is 0.241 e. The fraction of sp³-hybridized carbons (Fsp3) is 0.273. The summed E-state index contributed by atoms with van der Waals surface area (Å²) in [5.41, 5.74) is 0. The largest absolute Gasteiger partial charge is 0.354 e. The van der Waals surface area contributed by atoms with Gasteiger partial charge in [-0.3, -0.25) is 4.57 Å². The lowest BCUT2D eigenvalue weighted by Gasteiger charge is -2.05. The van der Waals surface area contributed by atoms with Crippen LogP contribution in [0, 0.1) is 6.92 Å². The van der Waals surface area contributed by atoms with Crippen LogP contribution in [0.5, 0.6) is 0 Å². The Morgan fingerprint density at radius 2 is 2.19 bits per heavy atom. The molecule has 21 heavy (non-hydrogen) atoms. The molecule has 0 spiro atoms. The second-order valence-corrected chi connectivity index (χ2v) is 4.44. The van der Waals surface area contributed by atoms with Crippen LogP contribution in [0.15, 0.2) is 23.2 Å². The van der Waals surface area contributed by atoms with Gasteiger partial charge in [0.1, 0.15) is 6.33 Å². The van der Waals surface area contributed by atoms with Crippen LogP contribution < -0.4 is 5.32 Å². The minimum atomic E-state index is 0.103. The molecule has 108 valence electrons. The normalized spacial score (nSPS) is 10.8. The summed E-state index contributed by atoms with van der Waals surface area (Å²) in [5.74, 6) is 1.93. The number of anilines is 1. The van der Waals surface area contributed by atoms with E-state index < -0.39 is 0 Å². The smallest absolute Gasteiger partial charge is 0.241 e. The van der Waals surface area contributed by atoms with Crippen molar-refractivity contribution in [3.63, 3.8) is 0 Å². The molecule has 1 N–H and O–H groups in total. The highest BCUT2D eigenvalue weighted by atomic mass is 35.5. The molecule has 10 heteroatoms. The van der Waals surface area contributed by atoms with Crippen molar-refractivity contribution in [3.05, 3.63) is 35.7 Å². The summed E-state index contributed by atoms with van der Waals surface area (Å²) in [7, 11) is 0. The van der Waals surface area contributed by atoms with Gasteiger partial charge in [-0.2, -0.15) is 19.9 Å². The maximum absolute atomic E-state index is 5.89. The number of imidazole rings is 1. The molecule has 0 aliphatic carbocycles. The molecule has 3 aromatic rings. The van der Waals surface area contributed by atoms with Crippen LogP contribution in [0.3, 0.4) is 0 Å². The molecule has 3 heterocycles. The van der Waals surface area contributed by atoms with Crippen molar-refractivity contribution in [1.82, 2.24) is 34.6 Å². The van der Waals surface area contributed by atoms with E-state index in [4.69, 9.17) is 16.1 Å². The zero-order valence-corrected chi connectivity index (χ0v) is 11.8. The summed E-state index contributed by atoms with van der Waals surface area (Å²) in [6, 6.07) is 0. The lowest BCUT2D eigenvalue weighted by atomic mass is 10.4. The van der Waals surface area contributed by atoms with Gasteiger partial charge in [-0.25, -0.2) is 4.98 Å². The van der Waals surface area contributed by atoms with E-state index in [1.807, 2.05) is 0 Å². The van der Waals surface area contributed by atoms with E-state index in [2.05, 4.69) is 35.4 Å². The first kappa shape index (κ1) is 13.4. The molecule has 0 amide bonds.